The number of hydrogen-bond acceptors (Lipinski definition) is 10. The zero-order valence-corrected chi connectivity index (χ0v) is 29.3. The molecule has 0 aromatic rings. The van der Waals surface area contributed by atoms with Crippen LogP contribution >= 0.6 is 0 Å². The van der Waals surface area contributed by atoms with Crippen molar-refractivity contribution in [3.8, 4) is 0 Å². The zero-order valence-electron chi connectivity index (χ0n) is 26.5. The third-order valence-corrected chi connectivity index (χ3v) is 6.66. The molecular weight excluding hydrogens is 575 g/mol. The van der Waals surface area contributed by atoms with E-state index in [0.29, 0.717) is 46.2 Å². The van der Waals surface area contributed by atoms with E-state index in [1.165, 1.54) is 83.5 Å². The van der Waals surface area contributed by atoms with Gasteiger partial charge in [0.15, 0.2) is 0 Å². The first-order valence-electron chi connectivity index (χ1n) is 15.6. The molecule has 0 aromatic heterocycles. The van der Waals surface area contributed by atoms with E-state index >= 15 is 0 Å². The molecule has 0 saturated carbocycles. The smallest absolute Gasteiger partial charge is 0.748 e. The third kappa shape index (κ3) is 39.9. The largest absolute Gasteiger partial charge is 1.00 e. The molecule has 0 fully saturated rings. The van der Waals surface area contributed by atoms with Gasteiger partial charge in [0.2, 0.25) is 0 Å². The van der Waals surface area contributed by atoms with Crippen LogP contribution in [0.4, 0.5) is 0 Å². The van der Waals surface area contributed by atoms with Crippen molar-refractivity contribution < 1.29 is 75.7 Å². The van der Waals surface area contributed by atoms with Crippen LogP contribution in [0.3, 0.4) is 0 Å². The summed E-state index contributed by atoms with van der Waals surface area (Å²) >= 11 is 0. The van der Waals surface area contributed by atoms with Crippen LogP contribution in [0.1, 0.15) is 96.8 Å². The molecule has 0 bridgehead atoms. The van der Waals surface area contributed by atoms with Crippen molar-refractivity contribution in [1.29, 1.82) is 0 Å². The summed E-state index contributed by atoms with van der Waals surface area (Å²) in [5, 5.41) is 0. The molecule has 0 heterocycles. The Bertz CT molecular complexity index is 692. The van der Waals surface area contributed by atoms with Crippen LogP contribution in [-0.2, 0) is 43.3 Å². The molecule has 244 valence electrons. The van der Waals surface area contributed by atoms with E-state index in [1.54, 1.807) is 0 Å². The standard InChI is InChI=1S/C30H58O10S.Na/c1-2-3-4-5-6-7-8-9-10-11-12-13-14-15-16-17-18-35-19-20-36-21-22-37-23-24-38-25-26-39-27-28-40-30(31)29-41(32,33)34;/h9-10H,2-8,11-29H2,1H3,(H,32,33,34);/q;+1/p-1/b10-9+;. The van der Waals surface area contributed by atoms with E-state index in [4.69, 9.17) is 23.7 Å². The Morgan fingerprint density at radius 1 is 0.548 bits per heavy atom. The van der Waals surface area contributed by atoms with Crippen LogP contribution in [0, 0.1) is 0 Å². The molecule has 0 unspecified atom stereocenters. The summed E-state index contributed by atoms with van der Waals surface area (Å²) < 4.78 is 62.8. The Balaban J connectivity index is 0. The Kier molecular flexibility index (Phi) is 37.1. The number of carbonyl (C=O) groups is 1. The maximum absolute atomic E-state index is 11.0. The minimum absolute atomic E-state index is 0. The van der Waals surface area contributed by atoms with Crippen LogP contribution in [-0.4, -0.2) is 97.4 Å². The first-order valence-corrected chi connectivity index (χ1v) is 17.2. The van der Waals surface area contributed by atoms with Crippen molar-refractivity contribution >= 4 is 16.1 Å². The van der Waals surface area contributed by atoms with Gasteiger partial charge in [-0.25, -0.2) is 8.42 Å². The van der Waals surface area contributed by atoms with Crippen molar-refractivity contribution in [3.05, 3.63) is 12.2 Å². The Morgan fingerprint density at radius 3 is 1.33 bits per heavy atom. The van der Waals surface area contributed by atoms with E-state index < -0.39 is 21.8 Å². The van der Waals surface area contributed by atoms with E-state index in [9.17, 15) is 17.8 Å². The average molecular weight is 633 g/mol. The molecule has 0 N–H and O–H groups in total. The minimum Gasteiger partial charge on any atom is -0.748 e. The Morgan fingerprint density at radius 2 is 0.905 bits per heavy atom. The average Bonchev–Trinajstić information content (AvgIpc) is 2.92. The van der Waals surface area contributed by atoms with Crippen LogP contribution in [0.5, 0.6) is 0 Å². The maximum atomic E-state index is 11.0. The van der Waals surface area contributed by atoms with E-state index in [-0.39, 0.29) is 49.4 Å². The number of hydrogen-bond donors (Lipinski definition) is 0. The molecule has 0 spiro atoms. The van der Waals surface area contributed by atoms with Gasteiger partial charge >= 0.3 is 35.5 Å². The summed E-state index contributed by atoms with van der Waals surface area (Å²) in [5.74, 6) is -2.26. The second-order valence-corrected chi connectivity index (χ2v) is 11.3. The Labute approximate surface area is 278 Å². The second-order valence-electron chi connectivity index (χ2n) is 9.92. The second kappa shape index (κ2) is 35.4. The first-order chi connectivity index (χ1) is 20.0. The van der Waals surface area contributed by atoms with Gasteiger partial charge in [-0.2, -0.15) is 0 Å². The van der Waals surface area contributed by atoms with Gasteiger partial charge in [-0.05, 0) is 32.1 Å². The van der Waals surface area contributed by atoms with Crippen molar-refractivity contribution in [3.63, 3.8) is 0 Å². The van der Waals surface area contributed by atoms with Crippen LogP contribution in [0.15, 0.2) is 12.2 Å². The molecule has 0 aliphatic carbocycles. The topological polar surface area (TPSA) is 130 Å². The number of rotatable bonds is 33. The number of ether oxygens (including phenoxy) is 6. The van der Waals surface area contributed by atoms with Crippen LogP contribution < -0.4 is 29.6 Å². The van der Waals surface area contributed by atoms with Crippen molar-refractivity contribution in [1.82, 2.24) is 0 Å². The molecule has 42 heavy (non-hydrogen) atoms. The van der Waals surface area contributed by atoms with Gasteiger partial charge in [0.05, 0.1) is 59.5 Å². The molecular formula is C30H57NaO10S. The molecule has 0 radical (unpaired) electrons. The summed E-state index contributed by atoms with van der Waals surface area (Å²) in [5.41, 5.74) is 0. The maximum Gasteiger partial charge on any atom is 1.00 e. The summed E-state index contributed by atoms with van der Waals surface area (Å²) in [6.45, 7) is 6.66. The monoisotopic (exact) mass is 632 g/mol. The predicted molar refractivity (Wildman–Crippen MR) is 159 cm³/mol. The van der Waals surface area contributed by atoms with Gasteiger partial charge in [0, 0.05) is 6.61 Å². The van der Waals surface area contributed by atoms with Gasteiger partial charge in [-0.3, -0.25) is 4.79 Å². The number of unbranched alkanes of at least 4 members (excludes halogenated alkanes) is 12. The molecule has 0 amide bonds. The molecule has 0 saturated heterocycles. The molecule has 0 atom stereocenters. The first kappa shape index (κ1) is 44.0. The van der Waals surface area contributed by atoms with Gasteiger partial charge in [0.25, 0.3) is 0 Å². The third-order valence-electron chi connectivity index (χ3n) is 6.07. The normalized spacial score (nSPS) is 11.7. The summed E-state index contributed by atoms with van der Waals surface area (Å²) in [4.78, 5) is 11.0. The van der Waals surface area contributed by atoms with Crippen LogP contribution in [0.2, 0.25) is 0 Å². The van der Waals surface area contributed by atoms with E-state index in [2.05, 4.69) is 23.8 Å². The summed E-state index contributed by atoms with van der Waals surface area (Å²) in [6, 6.07) is 0. The molecule has 0 aliphatic rings. The molecule has 0 rings (SSSR count). The van der Waals surface area contributed by atoms with Crippen molar-refractivity contribution in [2.45, 2.75) is 96.8 Å². The quantitative estimate of drug-likeness (QED) is 0.0349. The number of carbonyl (C=O) groups excluding carboxylic acids is 1. The fraction of sp³-hybridized carbons (Fsp3) is 0.900. The van der Waals surface area contributed by atoms with Crippen LogP contribution in [0.25, 0.3) is 0 Å². The summed E-state index contributed by atoms with van der Waals surface area (Å²) in [7, 11) is -4.62. The Hall–Kier alpha value is -0.0800. The van der Waals surface area contributed by atoms with Gasteiger partial charge < -0.3 is 33.0 Å². The minimum atomic E-state index is -4.62. The summed E-state index contributed by atoms with van der Waals surface area (Å²) in [6.07, 6.45) is 23.0. The molecule has 12 heteroatoms. The number of esters is 1. The fourth-order valence-corrected chi connectivity index (χ4v) is 4.21. The molecule has 0 aromatic carbocycles. The van der Waals surface area contributed by atoms with E-state index in [1.807, 2.05) is 0 Å². The number of allylic oxidation sites excluding steroid dienone is 2. The van der Waals surface area contributed by atoms with E-state index in [0.717, 1.165) is 13.0 Å². The van der Waals surface area contributed by atoms with Gasteiger partial charge in [-0.1, -0.05) is 76.9 Å². The predicted octanol–water partition coefficient (Wildman–Crippen LogP) is 2.20. The van der Waals surface area contributed by atoms with Gasteiger partial charge in [0.1, 0.15) is 22.5 Å². The SMILES string of the molecule is CCCCCCCC/C=C/CCCCCCCCOCCOCCOCCOCCOCCOC(=O)CS(=O)(=O)[O-].[Na+]. The van der Waals surface area contributed by atoms with Crippen molar-refractivity contribution in [2.24, 2.45) is 0 Å². The molecule has 10 nitrogen and oxygen atoms in total. The van der Waals surface area contributed by atoms with Crippen molar-refractivity contribution in [2.75, 3.05) is 78.4 Å². The van der Waals surface area contributed by atoms with Gasteiger partial charge in [-0.15, -0.1) is 0 Å². The zero-order chi connectivity index (χ0) is 30.1. The fourth-order valence-electron chi connectivity index (χ4n) is 3.83. The molecule has 0 aliphatic heterocycles.